The summed E-state index contributed by atoms with van der Waals surface area (Å²) in [6.45, 7) is 7.78. The summed E-state index contributed by atoms with van der Waals surface area (Å²) in [5, 5.41) is 5.26. The Balaban J connectivity index is 1.55. The summed E-state index contributed by atoms with van der Waals surface area (Å²) < 4.78 is 26.7. The second-order valence-electron chi connectivity index (χ2n) is 8.37. The van der Waals surface area contributed by atoms with Gasteiger partial charge in [0.05, 0.1) is 10.6 Å². The zero-order valence-corrected chi connectivity index (χ0v) is 21.6. The van der Waals surface area contributed by atoms with Gasteiger partial charge in [-0.05, 0) is 57.4 Å². The van der Waals surface area contributed by atoms with Gasteiger partial charge >= 0.3 is 0 Å². The van der Waals surface area contributed by atoms with Gasteiger partial charge in [-0.2, -0.15) is 0 Å². The molecule has 0 atom stereocenters. The minimum Gasteiger partial charge on any atom is -0.302 e. The number of thiazole rings is 1. The van der Waals surface area contributed by atoms with Crippen LogP contribution in [0.15, 0.2) is 46.7 Å². The molecule has 9 heteroatoms. The molecule has 180 valence electrons. The van der Waals surface area contributed by atoms with Crippen molar-refractivity contribution in [3.05, 3.63) is 64.0 Å². The van der Waals surface area contributed by atoms with Crippen LogP contribution in [-0.4, -0.2) is 43.0 Å². The van der Waals surface area contributed by atoms with E-state index in [0.717, 1.165) is 22.4 Å². The Morgan fingerprint density at radius 2 is 1.68 bits per heavy atom. The Kier molecular flexibility index (Phi) is 8.01. The first-order chi connectivity index (χ1) is 16.0. The highest BCUT2D eigenvalue weighted by molar-refractivity contribution is 7.89. The molecule has 2 aromatic carbocycles. The summed E-state index contributed by atoms with van der Waals surface area (Å²) in [6.07, 6.45) is 0.530. The molecule has 0 radical (unpaired) electrons. The van der Waals surface area contributed by atoms with Crippen LogP contribution in [0.1, 0.15) is 46.8 Å². The minimum absolute atomic E-state index is 0.112. The third-order valence-electron chi connectivity index (χ3n) is 5.53. The van der Waals surface area contributed by atoms with E-state index in [0.29, 0.717) is 17.1 Å². The molecule has 1 N–H and O–H groups in total. The van der Waals surface area contributed by atoms with E-state index in [1.54, 1.807) is 0 Å². The predicted octanol–water partition coefficient (Wildman–Crippen LogP) is 4.98. The number of rotatable bonds is 9. The largest absolute Gasteiger partial charge is 0.302 e. The Bertz CT molecular complexity index is 1290. The first kappa shape index (κ1) is 25.7. The Morgan fingerprint density at radius 3 is 2.26 bits per heavy atom. The molecule has 0 bridgehead atoms. The van der Waals surface area contributed by atoms with Crippen molar-refractivity contribution < 1.29 is 18.0 Å². The van der Waals surface area contributed by atoms with Crippen LogP contribution >= 0.6 is 11.3 Å². The van der Waals surface area contributed by atoms with Gasteiger partial charge in [0.15, 0.2) is 10.9 Å². The number of hydrogen-bond acceptors (Lipinski definition) is 6. The maximum Gasteiger partial charge on any atom is 0.242 e. The second kappa shape index (κ2) is 10.6. The van der Waals surface area contributed by atoms with Crippen molar-refractivity contribution in [3.63, 3.8) is 0 Å². The van der Waals surface area contributed by atoms with Gasteiger partial charge in [-0.15, -0.1) is 11.3 Å². The SMILES string of the molecule is CC(=O)c1ccc(S(=O)(=O)N(C)CCCC(=O)Nc2nc(-c3c(C)cc(C)cc3C)cs2)cc1. The third kappa shape index (κ3) is 5.97. The predicted molar refractivity (Wildman–Crippen MR) is 136 cm³/mol. The number of nitrogens with zero attached hydrogens (tertiary/aromatic N) is 2. The molecule has 0 aliphatic heterocycles. The van der Waals surface area contributed by atoms with E-state index in [1.165, 1.54) is 59.4 Å². The van der Waals surface area contributed by atoms with Crippen LogP contribution in [0.4, 0.5) is 5.13 Å². The van der Waals surface area contributed by atoms with E-state index >= 15 is 0 Å². The van der Waals surface area contributed by atoms with Crippen LogP contribution in [0.5, 0.6) is 0 Å². The zero-order valence-electron chi connectivity index (χ0n) is 20.0. The smallest absolute Gasteiger partial charge is 0.242 e. The summed E-state index contributed by atoms with van der Waals surface area (Å²) in [4.78, 5) is 28.5. The molecule has 0 aliphatic rings. The number of carbonyl (C=O) groups excluding carboxylic acids is 2. The van der Waals surface area contributed by atoms with Gasteiger partial charge < -0.3 is 5.32 Å². The first-order valence-corrected chi connectivity index (χ1v) is 13.2. The number of Topliss-reactive ketones (excluding diaryl/α,β-unsaturated/α-hetero) is 1. The fourth-order valence-electron chi connectivity index (χ4n) is 3.84. The Morgan fingerprint density at radius 1 is 1.06 bits per heavy atom. The fraction of sp³-hybridized carbons (Fsp3) is 0.320. The minimum atomic E-state index is -3.70. The van der Waals surface area contributed by atoms with Crippen LogP contribution in [0.25, 0.3) is 11.3 Å². The molecule has 3 aromatic rings. The highest BCUT2D eigenvalue weighted by Crippen LogP contribution is 2.31. The third-order valence-corrected chi connectivity index (χ3v) is 8.16. The molecule has 0 aliphatic carbocycles. The van der Waals surface area contributed by atoms with Crippen molar-refractivity contribution >= 4 is 38.2 Å². The number of nitrogens with one attached hydrogen (secondary N) is 1. The first-order valence-electron chi connectivity index (χ1n) is 10.9. The van der Waals surface area contributed by atoms with Crippen LogP contribution in [0.3, 0.4) is 0 Å². The normalized spacial score (nSPS) is 11.6. The summed E-state index contributed by atoms with van der Waals surface area (Å²) in [5.41, 5.74) is 5.84. The molecule has 0 unspecified atom stereocenters. The van der Waals surface area contributed by atoms with Crippen LogP contribution in [0, 0.1) is 20.8 Å². The summed E-state index contributed by atoms with van der Waals surface area (Å²) in [6, 6.07) is 10.1. The molecule has 1 amide bonds. The number of carbonyl (C=O) groups is 2. The average molecular weight is 500 g/mol. The number of sulfonamides is 1. The molecule has 0 saturated heterocycles. The number of aryl methyl sites for hydroxylation is 3. The quantitative estimate of drug-likeness (QED) is 0.419. The molecule has 1 heterocycles. The lowest BCUT2D eigenvalue weighted by Gasteiger charge is -2.17. The zero-order chi connectivity index (χ0) is 25.0. The average Bonchev–Trinajstić information content (AvgIpc) is 3.20. The van der Waals surface area contributed by atoms with Crippen LogP contribution in [0.2, 0.25) is 0 Å². The molecule has 7 nitrogen and oxygen atoms in total. The van der Waals surface area contributed by atoms with Gasteiger partial charge in [0, 0.05) is 36.5 Å². The number of benzene rings is 2. The number of amides is 1. The van der Waals surface area contributed by atoms with Crippen molar-refractivity contribution in [2.75, 3.05) is 18.9 Å². The molecule has 34 heavy (non-hydrogen) atoms. The van der Waals surface area contributed by atoms with E-state index in [-0.39, 0.29) is 29.6 Å². The monoisotopic (exact) mass is 499 g/mol. The van der Waals surface area contributed by atoms with Gasteiger partial charge in [-0.1, -0.05) is 29.8 Å². The summed E-state index contributed by atoms with van der Waals surface area (Å²) in [5.74, 6) is -0.338. The van der Waals surface area contributed by atoms with E-state index in [1.807, 2.05) is 5.38 Å². The number of anilines is 1. The lowest BCUT2D eigenvalue weighted by molar-refractivity contribution is -0.116. The topological polar surface area (TPSA) is 96.4 Å². The van der Waals surface area contributed by atoms with Crippen molar-refractivity contribution in [1.82, 2.24) is 9.29 Å². The summed E-state index contributed by atoms with van der Waals surface area (Å²) in [7, 11) is -2.22. The summed E-state index contributed by atoms with van der Waals surface area (Å²) >= 11 is 1.37. The Hall–Kier alpha value is -2.88. The number of hydrogen-bond donors (Lipinski definition) is 1. The van der Waals surface area contributed by atoms with Gasteiger partial charge in [0.2, 0.25) is 15.9 Å². The molecule has 1 aromatic heterocycles. The van der Waals surface area contributed by atoms with Crippen LogP contribution < -0.4 is 5.32 Å². The fourth-order valence-corrected chi connectivity index (χ4v) is 5.76. The number of aromatic nitrogens is 1. The highest BCUT2D eigenvalue weighted by Gasteiger charge is 2.21. The molecule has 3 rings (SSSR count). The van der Waals surface area contributed by atoms with Gasteiger partial charge in [-0.3, -0.25) is 9.59 Å². The molecular weight excluding hydrogens is 470 g/mol. The lowest BCUT2D eigenvalue weighted by Crippen LogP contribution is -2.28. The maximum atomic E-state index is 12.7. The van der Waals surface area contributed by atoms with E-state index in [9.17, 15) is 18.0 Å². The van der Waals surface area contributed by atoms with Gasteiger partial charge in [-0.25, -0.2) is 17.7 Å². The van der Waals surface area contributed by atoms with E-state index in [4.69, 9.17) is 0 Å². The Labute approximate surface area is 204 Å². The standard InChI is InChI=1S/C25H29N3O4S2/c1-16-13-17(2)24(18(3)14-16)22-15-33-25(26-22)27-23(30)7-6-12-28(5)34(31,32)21-10-8-20(9-11-21)19(4)29/h8-11,13-15H,6-7,12H2,1-5H3,(H,26,27,30). The van der Waals surface area contributed by atoms with E-state index < -0.39 is 10.0 Å². The molecular formula is C25H29N3O4S2. The van der Waals surface area contributed by atoms with Crippen molar-refractivity contribution in [2.24, 2.45) is 0 Å². The van der Waals surface area contributed by atoms with E-state index in [2.05, 4.69) is 43.2 Å². The molecule has 0 spiro atoms. The number of ketones is 1. The van der Waals surface area contributed by atoms with Gasteiger partial charge in [0.1, 0.15) is 0 Å². The maximum absolute atomic E-state index is 12.7. The van der Waals surface area contributed by atoms with Crippen molar-refractivity contribution in [1.29, 1.82) is 0 Å². The second-order valence-corrected chi connectivity index (χ2v) is 11.3. The molecule has 0 saturated carbocycles. The van der Waals surface area contributed by atoms with Crippen molar-refractivity contribution in [3.8, 4) is 11.3 Å². The van der Waals surface area contributed by atoms with Gasteiger partial charge in [0.25, 0.3) is 0 Å². The van der Waals surface area contributed by atoms with Crippen LogP contribution in [-0.2, 0) is 14.8 Å². The highest BCUT2D eigenvalue weighted by atomic mass is 32.2. The molecule has 0 fully saturated rings. The van der Waals surface area contributed by atoms with Crippen molar-refractivity contribution in [2.45, 2.75) is 45.4 Å². The lowest BCUT2D eigenvalue weighted by atomic mass is 9.98.